The number of benzene rings is 3. The van der Waals surface area contributed by atoms with Gasteiger partial charge in [-0.1, -0.05) is 54.1 Å². The normalized spacial score (nSPS) is 11.3. The molecule has 32 heavy (non-hydrogen) atoms. The van der Waals surface area contributed by atoms with Crippen molar-refractivity contribution in [3.8, 4) is 39.5 Å². The predicted octanol–water partition coefficient (Wildman–Crippen LogP) is 5.71. The van der Waals surface area contributed by atoms with Crippen LogP contribution in [0.1, 0.15) is 0 Å². The lowest BCUT2D eigenvalue weighted by Gasteiger charge is -2.14. The van der Waals surface area contributed by atoms with Gasteiger partial charge in [0.2, 0.25) is 5.43 Å². The fourth-order valence-corrected chi connectivity index (χ4v) is 4.21. The Morgan fingerprint density at radius 2 is 1.34 bits per heavy atom. The Hall–Kier alpha value is -3.35. The Labute approximate surface area is 190 Å². The molecule has 0 radical (unpaired) electrons. The highest BCUT2D eigenvalue weighted by molar-refractivity contribution is 7.90. The molecule has 0 aliphatic heterocycles. The summed E-state index contributed by atoms with van der Waals surface area (Å²) in [5.41, 5.74) is 2.17. The van der Waals surface area contributed by atoms with E-state index in [4.69, 9.17) is 20.8 Å². The van der Waals surface area contributed by atoms with Crippen LogP contribution in [0.15, 0.2) is 93.0 Å². The number of methoxy groups -OCH3 is 1. The maximum atomic E-state index is 13.8. The molecule has 162 valence electrons. The molecule has 5 nitrogen and oxygen atoms in total. The zero-order chi connectivity index (χ0) is 22.9. The molecule has 4 rings (SSSR count). The number of halogens is 1. The van der Waals surface area contributed by atoms with Crippen molar-refractivity contribution in [2.24, 2.45) is 0 Å². The maximum absolute atomic E-state index is 13.8. The molecule has 0 saturated heterocycles. The van der Waals surface area contributed by atoms with E-state index in [1.807, 2.05) is 18.2 Å². The standard InChI is InChI=1S/C25H19ClO5S/c1-30-25-22(16-6-4-3-5-7-16)23(27)21(17-8-12-19(26)13-9-17)24(31-25)18-10-14-20(15-11-18)32(2,28)29/h3-15H,1-2H3. The van der Waals surface area contributed by atoms with E-state index in [9.17, 15) is 13.2 Å². The van der Waals surface area contributed by atoms with Gasteiger partial charge >= 0.3 is 0 Å². The molecule has 4 aromatic rings. The summed E-state index contributed by atoms with van der Waals surface area (Å²) in [5.74, 6) is 0.343. The molecule has 0 atom stereocenters. The minimum Gasteiger partial charge on any atom is -0.468 e. The molecule has 1 heterocycles. The van der Waals surface area contributed by atoms with Crippen molar-refractivity contribution < 1.29 is 17.6 Å². The Balaban J connectivity index is 2.04. The van der Waals surface area contributed by atoms with E-state index < -0.39 is 9.84 Å². The highest BCUT2D eigenvalue weighted by Crippen LogP contribution is 2.38. The summed E-state index contributed by atoms with van der Waals surface area (Å²) in [6.45, 7) is 0. The van der Waals surface area contributed by atoms with Crippen LogP contribution in [0.2, 0.25) is 5.02 Å². The van der Waals surface area contributed by atoms with Crippen LogP contribution in [-0.2, 0) is 9.84 Å². The summed E-state index contributed by atoms with van der Waals surface area (Å²) in [5, 5.41) is 0.536. The molecule has 0 aliphatic rings. The third kappa shape index (κ3) is 4.20. The topological polar surface area (TPSA) is 73.6 Å². The smallest absolute Gasteiger partial charge is 0.296 e. The number of hydrogen-bond acceptors (Lipinski definition) is 5. The predicted molar refractivity (Wildman–Crippen MR) is 126 cm³/mol. The first kappa shape index (κ1) is 21.9. The van der Waals surface area contributed by atoms with Gasteiger partial charge in [-0.3, -0.25) is 4.79 Å². The molecule has 7 heteroatoms. The second-order valence-electron chi connectivity index (χ2n) is 7.17. The molecule has 0 spiro atoms. The van der Waals surface area contributed by atoms with Crippen LogP contribution >= 0.6 is 11.6 Å². The Kier molecular flexibility index (Phi) is 5.91. The van der Waals surface area contributed by atoms with Crippen molar-refractivity contribution in [2.45, 2.75) is 4.90 Å². The van der Waals surface area contributed by atoms with Crippen LogP contribution < -0.4 is 10.2 Å². The third-order valence-corrected chi connectivity index (χ3v) is 6.39. The second kappa shape index (κ2) is 8.65. The molecule has 0 amide bonds. The van der Waals surface area contributed by atoms with Gasteiger partial charge in [-0.15, -0.1) is 0 Å². The van der Waals surface area contributed by atoms with E-state index >= 15 is 0 Å². The van der Waals surface area contributed by atoms with Crippen LogP contribution in [0.5, 0.6) is 5.95 Å². The van der Waals surface area contributed by atoms with E-state index in [0.29, 0.717) is 32.8 Å². The van der Waals surface area contributed by atoms with Crippen LogP contribution in [0.4, 0.5) is 0 Å². The molecule has 0 bridgehead atoms. The van der Waals surface area contributed by atoms with Gasteiger partial charge in [0.15, 0.2) is 9.84 Å². The van der Waals surface area contributed by atoms with Crippen LogP contribution in [0.3, 0.4) is 0 Å². The van der Waals surface area contributed by atoms with Gasteiger partial charge in [-0.05, 0) is 47.5 Å². The lowest BCUT2D eigenvalue weighted by atomic mass is 9.96. The second-order valence-corrected chi connectivity index (χ2v) is 9.62. The Morgan fingerprint density at radius 3 is 1.91 bits per heavy atom. The summed E-state index contributed by atoms with van der Waals surface area (Å²) >= 11 is 6.05. The Morgan fingerprint density at radius 1 is 0.781 bits per heavy atom. The molecular weight excluding hydrogens is 448 g/mol. The lowest BCUT2D eigenvalue weighted by molar-refractivity contribution is 0.304. The highest BCUT2D eigenvalue weighted by atomic mass is 35.5. The monoisotopic (exact) mass is 466 g/mol. The molecule has 3 aromatic carbocycles. The van der Waals surface area contributed by atoms with Crippen molar-refractivity contribution in [1.29, 1.82) is 0 Å². The van der Waals surface area contributed by atoms with E-state index in [1.54, 1.807) is 48.5 Å². The number of sulfone groups is 1. The van der Waals surface area contributed by atoms with Crippen molar-refractivity contribution in [3.63, 3.8) is 0 Å². The fourth-order valence-electron chi connectivity index (χ4n) is 3.45. The summed E-state index contributed by atoms with van der Waals surface area (Å²) in [6, 6.07) is 22.2. The van der Waals surface area contributed by atoms with Crippen molar-refractivity contribution in [3.05, 3.63) is 94.1 Å². The van der Waals surface area contributed by atoms with Gasteiger partial charge in [0.05, 0.1) is 17.6 Å². The van der Waals surface area contributed by atoms with Gasteiger partial charge in [-0.2, -0.15) is 0 Å². The summed E-state index contributed by atoms with van der Waals surface area (Å²) in [7, 11) is -1.93. The first-order valence-corrected chi connectivity index (χ1v) is 11.9. The number of rotatable bonds is 5. The maximum Gasteiger partial charge on any atom is 0.296 e. The number of ether oxygens (including phenoxy) is 1. The first-order chi connectivity index (χ1) is 15.3. The summed E-state index contributed by atoms with van der Waals surface area (Å²) in [6.07, 6.45) is 1.14. The van der Waals surface area contributed by atoms with Gasteiger partial charge in [0, 0.05) is 16.8 Å². The molecule has 0 aliphatic carbocycles. The zero-order valence-electron chi connectivity index (χ0n) is 17.3. The Bertz CT molecular complexity index is 1420. The van der Waals surface area contributed by atoms with E-state index in [1.165, 1.54) is 19.2 Å². The quantitative estimate of drug-likeness (QED) is 0.377. The minimum absolute atomic E-state index is 0.0705. The first-order valence-electron chi connectivity index (χ1n) is 9.66. The van der Waals surface area contributed by atoms with Gasteiger partial charge < -0.3 is 9.15 Å². The van der Waals surface area contributed by atoms with E-state index in [0.717, 1.165) is 6.26 Å². The van der Waals surface area contributed by atoms with Gasteiger partial charge in [-0.25, -0.2) is 8.42 Å². The van der Waals surface area contributed by atoms with Crippen molar-refractivity contribution >= 4 is 21.4 Å². The summed E-state index contributed by atoms with van der Waals surface area (Å²) < 4.78 is 35.3. The molecular formula is C25H19ClO5S. The van der Waals surface area contributed by atoms with E-state index in [-0.39, 0.29) is 22.0 Å². The lowest BCUT2D eigenvalue weighted by Crippen LogP contribution is -2.11. The number of hydrogen-bond donors (Lipinski definition) is 0. The van der Waals surface area contributed by atoms with Crippen LogP contribution in [-0.4, -0.2) is 21.8 Å². The summed E-state index contributed by atoms with van der Waals surface area (Å²) in [4.78, 5) is 14.0. The average molecular weight is 467 g/mol. The van der Waals surface area contributed by atoms with E-state index in [2.05, 4.69) is 0 Å². The van der Waals surface area contributed by atoms with Gasteiger partial charge in [0.1, 0.15) is 11.3 Å². The molecule has 0 saturated carbocycles. The highest BCUT2D eigenvalue weighted by Gasteiger charge is 2.24. The molecule has 0 unspecified atom stereocenters. The minimum atomic E-state index is -3.36. The van der Waals surface area contributed by atoms with Crippen LogP contribution in [0.25, 0.3) is 33.6 Å². The molecule has 0 N–H and O–H groups in total. The van der Waals surface area contributed by atoms with Crippen molar-refractivity contribution in [2.75, 3.05) is 13.4 Å². The molecule has 1 aromatic heterocycles. The third-order valence-electron chi connectivity index (χ3n) is 5.01. The largest absolute Gasteiger partial charge is 0.468 e. The van der Waals surface area contributed by atoms with Crippen LogP contribution in [0, 0.1) is 0 Å². The fraction of sp³-hybridized carbons (Fsp3) is 0.0800. The van der Waals surface area contributed by atoms with Gasteiger partial charge in [0.25, 0.3) is 5.95 Å². The zero-order valence-corrected chi connectivity index (χ0v) is 18.9. The SMILES string of the molecule is COc1oc(-c2ccc(S(C)(=O)=O)cc2)c(-c2ccc(Cl)cc2)c(=O)c1-c1ccccc1. The average Bonchev–Trinajstić information content (AvgIpc) is 2.79. The molecule has 0 fully saturated rings. The van der Waals surface area contributed by atoms with Crippen molar-refractivity contribution in [1.82, 2.24) is 0 Å².